The summed E-state index contributed by atoms with van der Waals surface area (Å²) in [7, 11) is 0. The summed E-state index contributed by atoms with van der Waals surface area (Å²) < 4.78 is 11.0. The Morgan fingerprint density at radius 1 is 0.852 bits per heavy atom. The minimum absolute atomic E-state index is 0.0701. The van der Waals surface area contributed by atoms with Crippen LogP contribution in [0.25, 0.3) is 0 Å². The Bertz CT molecular complexity index is 855. The molecule has 0 N–H and O–H groups in total. The molecule has 0 fully saturated rings. The van der Waals surface area contributed by atoms with Gasteiger partial charge in [0.15, 0.2) is 0 Å². The molecule has 6 heteroatoms. The second-order valence-electron chi connectivity index (χ2n) is 5.74. The van der Waals surface area contributed by atoms with E-state index in [4.69, 9.17) is 9.47 Å². The number of carbonyl (C=O) groups excluding carboxylic acids is 1. The summed E-state index contributed by atoms with van der Waals surface area (Å²) in [5.41, 5.74) is 1.78. The van der Waals surface area contributed by atoms with E-state index in [1.807, 2.05) is 60.7 Å². The molecule has 0 radical (unpaired) electrons. The van der Waals surface area contributed by atoms with Crippen LogP contribution in [0, 0.1) is 10.1 Å². The zero-order valence-corrected chi connectivity index (χ0v) is 14.4. The van der Waals surface area contributed by atoms with Gasteiger partial charge in [-0.25, -0.2) is 4.79 Å². The van der Waals surface area contributed by atoms with Gasteiger partial charge in [0, 0.05) is 12.1 Å². The predicted octanol–water partition coefficient (Wildman–Crippen LogP) is 4.31. The van der Waals surface area contributed by atoms with Crippen LogP contribution in [-0.2, 0) is 9.53 Å². The molecule has 0 spiro atoms. The van der Waals surface area contributed by atoms with Crippen molar-refractivity contribution in [1.82, 2.24) is 0 Å². The summed E-state index contributed by atoms with van der Waals surface area (Å²) in [6, 6.07) is 24.5. The molecular formula is C21H17NO5. The average Bonchev–Trinajstić information content (AvgIpc) is 2.70. The van der Waals surface area contributed by atoms with E-state index in [-0.39, 0.29) is 18.0 Å². The Balaban J connectivity index is 1.66. The molecule has 0 aromatic heterocycles. The van der Waals surface area contributed by atoms with E-state index in [1.54, 1.807) is 0 Å². The van der Waals surface area contributed by atoms with Crippen LogP contribution in [0.1, 0.15) is 17.2 Å². The van der Waals surface area contributed by atoms with Crippen LogP contribution in [0.15, 0.2) is 84.9 Å². The maximum Gasteiger partial charge on any atom is 0.337 e. The molecule has 0 bridgehead atoms. The van der Waals surface area contributed by atoms with Crippen LogP contribution < -0.4 is 4.74 Å². The number of rotatable bonds is 7. The van der Waals surface area contributed by atoms with E-state index in [9.17, 15) is 14.9 Å². The van der Waals surface area contributed by atoms with Gasteiger partial charge in [0.1, 0.15) is 18.5 Å². The molecule has 0 aliphatic carbocycles. The van der Waals surface area contributed by atoms with Gasteiger partial charge in [-0.15, -0.1) is 0 Å². The third-order valence-corrected chi connectivity index (χ3v) is 3.85. The monoisotopic (exact) mass is 363 g/mol. The van der Waals surface area contributed by atoms with Crippen molar-refractivity contribution in [3.05, 3.63) is 106 Å². The quantitative estimate of drug-likeness (QED) is 0.271. The fraction of sp³-hybridized carbons (Fsp3) is 0.0952. The van der Waals surface area contributed by atoms with E-state index < -0.39 is 17.0 Å². The highest BCUT2D eigenvalue weighted by molar-refractivity contribution is 5.73. The van der Waals surface area contributed by atoms with Crippen LogP contribution in [0.2, 0.25) is 0 Å². The Kier molecular flexibility index (Phi) is 5.91. The first-order chi connectivity index (χ1) is 13.1. The lowest BCUT2D eigenvalue weighted by Crippen LogP contribution is -2.18. The minimum Gasteiger partial charge on any atom is -0.425 e. The van der Waals surface area contributed by atoms with Crippen LogP contribution in [0.4, 0.5) is 5.69 Å². The molecule has 3 rings (SSSR count). The predicted molar refractivity (Wildman–Crippen MR) is 99.4 cm³/mol. The molecule has 3 aromatic carbocycles. The van der Waals surface area contributed by atoms with Crippen molar-refractivity contribution in [2.45, 2.75) is 6.10 Å². The van der Waals surface area contributed by atoms with Crippen molar-refractivity contribution in [1.29, 1.82) is 0 Å². The summed E-state index contributed by atoms with van der Waals surface area (Å²) >= 11 is 0. The number of non-ortho nitro benzene ring substituents is 1. The molecule has 6 nitrogen and oxygen atoms in total. The molecule has 0 amide bonds. The third kappa shape index (κ3) is 4.99. The second-order valence-corrected chi connectivity index (χ2v) is 5.74. The number of esters is 1. The van der Waals surface area contributed by atoms with Crippen molar-refractivity contribution in [3.63, 3.8) is 0 Å². The van der Waals surface area contributed by atoms with Crippen LogP contribution >= 0.6 is 0 Å². The largest absolute Gasteiger partial charge is 0.425 e. The van der Waals surface area contributed by atoms with Gasteiger partial charge in [-0.2, -0.15) is 0 Å². The van der Waals surface area contributed by atoms with Gasteiger partial charge in [-0.1, -0.05) is 60.7 Å². The fourth-order valence-corrected chi connectivity index (χ4v) is 2.59. The number of hydrogen-bond acceptors (Lipinski definition) is 5. The van der Waals surface area contributed by atoms with Crippen molar-refractivity contribution >= 4 is 11.7 Å². The third-order valence-electron chi connectivity index (χ3n) is 3.85. The molecule has 0 atom stereocenters. The molecule has 136 valence electrons. The van der Waals surface area contributed by atoms with E-state index in [1.165, 1.54) is 24.3 Å². The number of benzene rings is 3. The van der Waals surface area contributed by atoms with Crippen molar-refractivity contribution < 1.29 is 19.2 Å². The minimum atomic E-state index is -0.583. The van der Waals surface area contributed by atoms with Crippen LogP contribution in [0.3, 0.4) is 0 Å². The summed E-state index contributed by atoms with van der Waals surface area (Å²) in [6.45, 7) is -0.258. The van der Waals surface area contributed by atoms with E-state index in [2.05, 4.69) is 0 Å². The van der Waals surface area contributed by atoms with Crippen LogP contribution in [-0.4, -0.2) is 17.5 Å². The van der Waals surface area contributed by atoms with Gasteiger partial charge in [0.25, 0.3) is 5.69 Å². The molecule has 0 saturated carbocycles. The summed E-state index contributed by atoms with van der Waals surface area (Å²) in [5.74, 6) is -0.356. The summed E-state index contributed by atoms with van der Waals surface area (Å²) in [5, 5.41) is 10.7. The standard InChI is InChI=1S/C21H17NO5/c23-20(27-19-13-11-18(12-14-19)22(24)25)15-26-21(16-7-3-1-4-8-16)17-9-5-2-6-10-17/h1-14,21H,15H2. The maximum atomic E-state index is 12.1. The molecule has 0 unspecified atom stereocenters. The normalized spacial score (nSPS) is 10.6. The number of nitro groups is 1. The number of ether oxygens (including phenoxy) is 2. The maximum absolute atomic E-state index is 12.1. The van der Waals surface area contributed by atoms with Crippen molar-refractivity contribution in [2.75, 3.05) is 6.61 Å². The molecule has 3 aromatic rings. The Labute approximate surface area is 156 Å². The zero-order chi connectivity index (χ0) is 19.1. The lowest BCUT2D eigenvalue weighted by atomic mass is 10.0. The van der Waals surface area contributed by atoms with Crippen molar-refractivity contribution in [3.8, 4) is 5.75 Å². The summed E-state index contributed by atoms with van der Waals surface area (Å²) in [6.07, 6.45) is -0.406. The lowest BCUT2D eigenvalue weighted by Gasteiger charge is -2.18. The van der Waals surface area contributed by atoms with E-state index in [0.29, 0.717) is 0 Å². The highest BCUT2D eigenvalue weighted by atomic mass is 16.6. The zero-order valence-electron chi connectivity index (χ0n) is 14.4. The lowest BCUT2D eigenvalue weighted by molar-refractivity contribution is -0.384. The molecule has 0 aliphatic rings. The van der Waals surface area contributed by atoms with E-state index in [0.717, 1.165) is 11.1 Å². The van der Waals surface area contributed by atoms with Gasteiger partial charge < -0.3 is 9.47 Å². The van der Waals surface area contributed by atoms with Gasteiger partial charge >= 0.3 is 5.97 Å². The second kappa shape index (κ2) is 8.73. The highest BCUT2D eigenvalue weighted by Gasteiger charge is 2.17. The Hall–Kier alpha value is -3.51. The number of hydrogen-bond donors (Lipinski definition) is 0. The van der Waals surface area contributed by atoms with Crippen molar-refractivity contribution in [2.24, 2.45) is 0 Å². The van der Waals surface area contributed by atoms with E-state index >= 15 is 0 Å². The summed E-state index contributed by atoms with van der Waals surface area (Å²) in [4.78, 5) is 22.3. The topological polar surface area (TPSA) is 78.7 Å². The van der Waals surface area contributed by atoms with Gasteiger partial charge in [0.05, 0.1) is 4.92 Å². The number of nitro benzene ring substituents is 1. The number of carbonyl (C=O) groups is 1. The molecule has 27 heavy (non-hydrogen) atoms. The Morgan fingerprint density at radius 3 is 1.85 bits per heavy atom. The first kappa shape index (κ1) is 18.3. The molecule has 0 heterocycles. The Morgan fingerprint density at radius 2 is 1.37 bits per heavy atom. The first-order valence-corrected chi connectivity index (χ1v) is 8.30. The number of nitrogens with zero attached hydrogens (tertiary/aromatic N) is 1. The van der Waals surface area contributed by atoms with Gasteiger partial charge in [-0.05, 0) is 23.3 Å². The average molecular weight is 363 g/mol. The molecular weight excluding hydrogens is 346 g/mol. The van der Waals surface area contributed by atoms with Gasteiger partial charge in [-0.3, -0.25) is 10.1 Å². The van der Waals surface area contributed by atoms with Gasteiger partial charge in [0.2, 0.25) is 0 Å². The SMILES string of the molecule is O=C(COC(c1ccccc1)c1ccccc1)Oc1ccc([N+](=O)[O-])cc1. The highest BCUT2D eigenvalue weighted by Crippen LogP contribution is 2.26. The molecule has 0 aliphatic heterocycles. The smallest absolute Gasteiger partial charge is 0.337 e. The van der Waals surface area contributed by atoms with Crippen LogP contribution in [0.5, 0.6) is 5.75 Å². The fourth-order valence-electron chi connectivity index (χ4n) is 2.59. The molecule has 0 saturated heterocycles. The first-order valence-electron chi connectivity index (χ1n) is 8.30.